The number of benzene rings is 6. The molecule has 6 aromatic rings. The van der Waals surface area contributed by atoms with Crippen LogP contribution >= 0.6 is 78.2 Å². The van der Waals surface area contributed by atoms with Crippen LogP contribution in [0, 0.1) is 0 Å². The first kappa shape index (κ1) is 122. The van der Waals surface area contributed by atoms with Gasteiger partial charge in [0.05, 0.1) is 123 Å². The lowest BCUT2D eigenvalue weighted by Crippen LogP contribution is -2.18. The smallest absolute Gasteiger partial charge is 0.460 e. The van der Waals surface area contributed by atoms with E-state index in [2.05, 4.69) is 31.5 Å². The number of carbonyl (C=O) groups excluding carboxylic acids is 1. The highest BCUT2D eigenvalue weighted by Gasteiger charge is 2.43. The van der Waals surface area contributed by atoms with Crippen molar-refractivity contribution in [3.05, 3.63) is 215 Å². The zero-order valence-electron chi connectivity index (χ0n) is 75.3. The summed E-state index contributed by atoms with van der Waals surface area (Å²) in [6, 6.07) is 55.5. The second-order valence-corrected chi connectivity index (χ2v) is 45.1. The quantitative estimate of drug-likeness (QED) is 0.0125. The third kappa shape index (κ3) is 53.4. The van der Waals surface area contributed by atoms with Crippen LogP contribution in [0.4, 0.5) is 0 Å². The number of carbonyl (C=O) groups is 1. The van der Waals surface area contributed by atoms with Gasteiger partial charge in [-0.2, -0.15) is 8.62 Å². The predicted molar refractivity (Wildman–Crippen MR) is 482 cm³/mol. The minimum atomic E-state index is -5.25. The molecule has 0 bridgehead atoms. The van der Waals surface area contributed by atoms with Gasteiger partial charge in [0.25, 0.3) is 0 Å². The molecule has 140 heavy (non-hydrogen) atoms. The number of esters is 1. The minimum Gasteiger partial charge on any atom is -0.460 e. The third-order valence-electron chi connectivity index (χ3n) is 19.0. The van der Waals surface area contributed by atoms with Crippen LogP contribution in [0.25, 0.3) is 0 Å². The molecule has 7 saturated heterocycles. The van der Waals surface area contributed by atoms with Gasteiger partial charge in [0.1, 0.15) is 6.10 Å². The van der Waals surface area contributed by atoms with Crippen molar-refractivity contribution in [2.45, 2.75) is 210 Å². The number of cyclic esters (lactones) is 1. The number of hydrogen-bond acceptors (Lipinski definition) is 41. The van der Waals surface area contributed by atoms with Gasteiger partial charge in [-0.3, -0.25) is 77.2 Å². The highest BCUT2D eigenvalue weighted by atomic mass is 31.3. The van der Waals surface area contributed by atoms with E-state index in [0.29, 0.717) is 57.8 Å². The van der Waals surface area contributed by atoms with E-state index in [9.17, 15) is 60.4 Å². The summed E-state index contributed by atoms with van der Waals surface area (Å²) in [5.74, 6) is -0.191. The second-order valence-electron chi connectivity index (χ2n) is 30.2. The zero-order chi connectivity index (χ0) is 103. The lowest BCUT2D eigenvalue weighted by Gasteiger charge is -2.21. The van der Waals surface area contributed by atoms with Crippen molar-refractivity contribution in [2.75, 3.05) is 60.5 Å². The van der Waals surface area contributed by atoms with Gasteiger partial charge in [-0.25, -0.2) is 45.7 Å². The molecule has 6 aromatic carbocycles. The Balaban J connectivity index is 0.000000234. The van der Waals surface area contributed by atoms with E-state index >= 15 is 0 Å². The van der Waals surface area contributed by atoms with E-state index in [4.69, 9.17) is 147 Å². The van der Waals surface area contributed by atoms with Crippen molar-refractivity contribution in [3.63, 3.8) is 0 Å². The molecule has 0 radical (unpaired) electrons. The molecule has 7 heterocycles. The number of aliphatic hydroxyl groups is 5. The summed E-state index contributed by atoms with van der Waals surface area (Å²) in [6.07, 6.45) is -2.29. The van der Waals surface area contributed by atoms with E-state index < -0.39 is 147 Å². The van der Waals surface area contributed by atoms with Crippen LogP contribution in [0.15, 0.2) is 182 Å². The van der Waals surface area contributed by atoms with Gasteiger partial charge in [0.2, 0.25) is 0 Å². The fraction of sp³-hybridized carbons (Fsp3) is 0.532. The first-order valence-electron chi connectivity index (χ1n) is 42.7. The Bertz CT molecular complexity index is 4890. The second kappa shape index (κ2) is 61.5. The van der Waals surface area contributed by atoms with Crippen molar-refractivity contribution in [1.82, 2.24) is 0 Å². The maximum Gasteiger partial charge on any atom is 0.483 e. The Morgan fingerprint density at radius 3 is 0.707 bits per heavy atom. The monoisotopic (exact) mass is 2190 g/mol. The van der Waals surface area contributed by atoms with E-state index in [-0.39, 0.29) is 129 Å². The Morgan fingerprint density at radius 2 is 0.507 bits per heavy atom. The molecule has 0 saturated carbocycles. The summed E-state index contributed by atoms with van der Waals surface area (Å²) in [7, 11) is -42.6. The Hall–Kier alpha value is -4.47. The van der Waals surface area contributed by atoms with E-state index in [1.807, 2.05) is 133 Å². The molecule has 15 N–H and O–H groups in total. The first-order valence-corrected chi connectivity index (χ1v) is 57.6. The minimum absolute atomic E-state index is 0.0249. The molecular weight excluding hydrogens is 2070 g/mol. The molecule has 15 atom stereocenters. The Kier molecular flexibility index (Phi) is 53.8. The average Bonchev–Trinajstić information content (AvgIpc) is 1.64. The highest BCUT2D eigenvalue weighted by Crippen LogP contribution is 2.61. The molecular formula is C79H118O51P10. The number of phosphoric ester groups is 8. The first-order chi connectivity index (χ1) is 66.1. The zero-order valence-corrected chi connectivity index (χ0v) is 84.2. The number of aliphatic hydroxyl groups excluding tert-OH is 5. The average molecular weight is 2190 g/mol. The molecule has 8 unspecified atom stereocenters. The van der Waals surface area contributed by atoms with Gasteiger partial charge in [-0.05, 0) is 78.3 Å². The van der Waals surface area contributed by atoms with Crippen LogP contribution in [-0.4, -0.2) is 221 Å². The van der Waals surface area contributed by atoms with Gasteiger partial charge < -0.3 is 108 Å². The van der Waals surface area contributed by atoms with Gasteiger partial charge in [-0.15, -0.1) is 0 Å². The van der Waals surface area contributed by atoms with Crippen LogP contribution < -0.4 is 0 Å². The maximum absolute atomic E-state index is 13.3. The van der Waals surface area contributed by atoms with Crippen LogP contribution in [0.1, 0.15) is 123 Å². The largest absolute Gasteiger partial charge is 0.483 e. The van der Waals surface area contributed by atoms with E-state index in [1.165, 1.54) is 14.2 Å². The standard InChI is InChI=1S/C21H28O9P2.C19H25O12P3.C19H23O6P.C5H13O12P3.C5H11O6P.C5H10O3.C5H8O3/c1-24-31(22,25-2)30-21-14-13-20(29-21)17-28-32(23,26-15-18-9-5-3-6-10-18)27-16-19-11-7-4-8-12-19;20-32(21,22)31-33(23,24)30-19-12-11-18(29-19)15-28-34(25,26-13-16-7-3-1-4-8-16)27-14-17-9-5-2-6-10-17;20-19-12-11-18(25-19)15-24-26(21,22-13-16-7-3-1-4-8-16)23-14-17-9-5-2-6-10-17;6-18(7,8)14-3-4-1-2-5(15-4)16-20(12,13)17-19(9,10)11;6-5-2-1-4(11-5)3-10-12(7,8)9;2*6-3-4-1-2-5(7)8-4/h3-12,20-21H,13-17H2,1-2H3;1-10,18-19H,11-15H2,(H,23,24)(H2,20,21,22);1-10,18-20H,11-15H2;4-5H,1-3H2,(H,12,13)(H2,6,7,8)(H2,9,10,11);4-6H,1-3H2,(H2,7,8,9);4-7H,1-3H2;4,6H,1-3H2/t20-,21?;2*18-,19?;3*4-,5?;4-/m0000000/s1. The summed E-state index contributed by atoms with van der Waals surface area (Å²) in [4.78, 5) is 96.4. The van der Waals surface area contributed by atoms with Gasteiger partial charge >= 0.3 is 84.2 Å². The molecule has 51 nitrogen and oxygen atoms in total. The topological polar surface area (TPSA) is 722 Å². The number of ether oxygens (including phenoxy) is 7. The summed E-state index contributed by atoms with van der Waals surface area (Å²) < 4.78 is 241. The number of rotatable bonds is 47. The SMILES string of the molecule is COP(=O)(OC)OC1CC[C@@H](COP(=O)(OCc2ccccc2)OCc2ccccc2)O1.O=C1CC[C@@H](CO)O1.O=P(O)(O)OC[C@@H]1CCC(O)O1.O=P(O)(O)OC[C@@H]1CCC(OP(=O)(O)OP(=O)(O)O)O1.O=P(O)(O)OP(=O)(O)OC1CC[C@@H](COP(=O)(OCc2ccccc2)OCc2ccccc2)O1.O=P(OCc1ccccc1)(OCc1ccccc1)OC[C@@H]1CCC(O)O1.OC[C@@H]1CCC(O)O1. The molecule has 13 rings (SSSR count). The maximum atomic E-state index is 13.3. The molecule has 7 fully saturated rings. The molecule has 0 amide bonds. The summed E-state index contributed by atoms with van der Waals surface area (Å²) in [5.41, 5.74) is 4.91. The molecule has 7 aliphatic rings. The van der Waals surface area contributed by atoms with Crippen molar-refractivity contribution >= 4 is 84.2 Å². The Morgan fingerprint density at radius 1 is 0.271 bits per heavy atom. The lowest BCUT2D eigenvalue weighted by atomic mass is 10.2. The van der Waals surface area contributed by atoms with E-state index in [1.54, 1.807) is 48.5 Å². The van der Waals surface area contributed by atoms with Crippen LogP contribution in [0.3, 0.4) is 0 Å². The van der Waals surface area contributed by atoms with Crippen molar-refractivity contribution in [3.8, 4) is 0 Å². The summed E-state index contributed by atoms with van der Waals surface area (Å²) >= 11 is 0. The molecule has 0 aromatic heterocycles. The number of phosphoric acid groups is 10. The predicted octanol–water partition coefficient (Wildman–Crippen LogP) is 12.4. The highest BCUT2D eigenvalue weighted by molar-refractivity contribution is 7.61. The van der Waals surface area contributed by atoms with E-state index in [0.717, 1.165) is 39.8 Å². The van der Waals surface area contributed by atoms with Crippen molar-refractivity contribution < 1.29 is 239 Å². The van der Waals surface area contributed by atoms with Gasteiger partial charge in [-0.1, -0.05) is 182 Å². The fourth-order valence-corrected chi connectivity index (χ4v) is 20.7. The van der Waals surface area contributed by atoms with Crippen molar-refractivity contribution in [1.29, 1.82) is 0 Å². The molecule has 0 spiro atoms. The van der Waals surface area contributed by atoms with Crippen LogP contribution in [-0.2, 0) is 204 Å². The third-order valence-corrected chi connectivity index (χ3v) is 29.7. The number of hydrogen-bond donors (Lipinski definition) is 15. The van der Waals surface area contributed by atoms with Crippen molar-refractivity contribution in [2.24, 2.45) is 0 Å². The molecule has 0 aliphatic carbocycles. The van der Waals surface area contributed by atoms with Crippen LogP contribution in [0.2, 0.25) is 0 Å². The summed E-state index contributed by atoms with van der Waals surface area (Å²) in [6.45, 7) is -0.636. The van der Waals surface area contributed by atoms with Gasteiger partial charge in [0.15, 0.2) is 37.7 Å². The Labute approximate surface area is 805 Å². The molecule has 790 valence electrons. The summed E-state index contributed by atoms with van der Waals surface area (Å²) in [5, 5.41) is 43.8. The normalized spacial score (nSPS) is 23.6. The van der Waals surface area contributed by atoms with Gasteiger partial charge in [0, 0.05) is 59.2 Å². The molecule has 61 heteroatoms. The fourth-order valence-electron chi connectivity index (χ4n) is 12.3. The molecule has 7 aliphatic heterocycles. The lowest BCUT2D eigenvalue weighted by molar-refractivity contribution is -0.142. The van der Waals surface area contributed by atoms with Crippen LogP contribution in [0.5, 0.6) is 0 Å².